The van der Waals surface area contributed by atoms with Crippen LogP contribution in [-0.2, 0) is 0 Å². The minimum Gasteiger partial charge on any atom is -0.308 e. The molecule has 0 aliphatic carbocycles. The number of rotatable bonds is 1. The Morgan fingerprint density at radius 1 is 0.477 bits per heavy atom. The molecule has 0 aliphatic rings. The fourth-order valence-electron chi connectivity index (χ4n) is 7.64. The van der Waals surface area contributed by atoms with Gasteiger partial charge >= 0.3 is 0 Å². The first kappa shape index (κ1) is 22.5. The van der Waals surface area contributed by atoms with Gasteiger partial charge in [-0.1, -0.05) is 72.8 Å². The lowest BCUT2D eigenvalue weighted by atomic mass is 10.0. The summed E-state index contributed by atoms with van der Waals surface area (Å²) < 4.78 is 4.78. The third kappa shape index (κ3) is 2.68. The van der Waals surface area contributed by atoms with Gasteiger partial charge in [0, 0.05) is 43.9 Å². The van der Waals surface area contributed by atoms with Crippen LogP contribution < -0.4 is 0 Å². The van der Waals surface area contributed by atoms with Crippen molar-refractivity contribution in [3.05, 3.63) is 128 Å². The first-order valence-corrected chi connectivity index (χ1v) is 14.9. The second kappa shape index (κ2) is 7.85. The van der Waals surface area contributed by atoms with Gasteiger partial charge in [-0.15, -0.1) is 0 Å². The zero-order valence-corrected chi connectivity index (χ0v) is 23.4. The lowest BCUT2D eigenvalue weighted by molar-refractivity contribution is 1.08. The second-order valence-electron chi connectivity index (χ2n) is 11.7. The maximum Gasteiger partial charge on any atom is 0.157 e. The van der Waals surface area contributed by atoms with Crippen molar-refractivity contribution in [3.63, 3.8) is 0 Å². The molecule has 0 saturated carbocycles. The van der Waals surface area contributed by atoms with E-state index in [0.717, 1.165) is 38.8 Å². The van der Waals surface area contributed by atoms with Crippen LogP contribution in [0, 0.1) is 0 Å². The lowest BCUT2D eigenvalue weighted by Crippen LogP contribution is -2.00. The largest absolute Gasteiger partial charge is 0.308 e. The molecule has 44 heavy (non-hydrogen) atoms. The molecule has 5 nitrogen and oxygen atoms in total. The van der Waals surface area contributed by atoms with Crippen LogP contribution in [0.3, 0.4) is 0 Å². The minimum absolute atomic E-state index is 0.786. The fourth-order valence-corrected chi connectivity index (χ4v) is 7.64. The van der Waals surface area contributed by atoms with Gasteiger partial charge in [0.25, 0.3) is 0 Å². The predicted octanol–water partition coefficient (Wildman–Crippen LogP) is 9.58. The third-order valence-electron chi connectivity index (χ3n) is 9.47. The molecule has 0 radical (unpaired) electrons. The van der Waals surface area contributed by atoms with Gasteiger partial charge in [-0.3, -0.25) is 14.5 Å². The monoisotopic (exact) mass is 559 g/mol. The van der Waals surface area contributed by atoms with Crippen molar-refractivity contribution in [1.82, 2.24) is 23.9 Å². The molecule has 0 bridgehead atoms. The van der Waals surface area contributed by atoms with Gasteiger partial charge in [-0.2, -0.15) is 0 Å². The summed E-state index contributed by atoms with van der Waals surface area (Å²) in [5.41, 5.74) is 8.46. The normalized spacial score (nSPS) is 12.5. The van der Waals surface area contributed by atoms with Crippen LogP contribution in [0.1, 0.15) is 0 Å². The van der Waals surface area contributed by atoms with Crippen LogP contribution in [0.2, 0.25) is 0 Å². The van der Waals surface area contributed by atoms with Crippen LogP contribution in [0.25, 0.3) is 98.4 Å². The molecule has 0 spiro atoms. The SMILES string of the molecule is c1ccc2cc3c(cc2c1)c1cc2c4ccccc4n4c5ccccc5c(c1n3-c1cnc3ccc5cccnc5c3n1)c24. The standard InChI is InChI=1S/C39H21N5/c1-2-9-24-19-33-27(18-23(24)8-1)29-20-28-25-11-3-5-13-31(25)43-32-14-6-4-12-26(32)35(38(28)43)39(29)44(33)34-21-41-30-16-15-22-10-7-17-40-36(22)37(30)42-34/h1-21H. The molecule has 0 amide bonds. The Balaban J connectivity index is 1.43. The second-order valence-corrected chi connectivity index (χ2v) is 11.7. The molecule has 0 atom stereocenters. The molecule has 5 heteroatoms. The average Bonchev–Trinajstić information content (AvgIpc) is 3.71. The number of nitrogens with zero attached hydrogens (tertiary/aromatic N) is 5. The van der Waals surface area contributed by atoms with Gasteiger partial charge in [0.05, 0.1) is 44.8 Å². The Morgan fingerprint density at radius 2 is 1.20 bits per heavy atom. The fraction of sp³-hybridized carbons (Fsp3) is 0. The maximum absolute atomic E-state index is 5.33. The highest BCUT2D eigenvalue weighted by Gasteiger charge is 2.25. The predicted molar refractivity (Wildman–Crippen MR) is 181 cm³/mol. The van der Waals surface area contributed by atoms with Crippen molar-refractivity contribution in [1.29, 1.82) is 0 Å². The summed E-state index contributed by atoms with van der Waals surface area (Å²) in [4.78, 5) is 15.0. The minimum atomic E-state index is 0.786. The Hall–Kier alpha value is -6.07. The highest BCUT2D eigenvalue weighted by molar-refractivity contribution is 6.34. The third-order valence-corrected chi connectivity index (χ3v) is 9.47. The van der Waals surface area contributed by atoms with E-state index >= 15 is 0 Å². The molecule has 0 fully saturated rings. The molecular weight excluding hydrogens is 538 g/mol. The van der Waals surface area contributed by atoms with E-state index in [0.29, 0.717) is 0 Å². The smallest absolute Gasteiger partial charge is 0.157 e. The van der Waals surface area contributed by atoms with Crippen molar-refractivity contribution in [2.75, 3.05) is 0 Å². The molecule has 0 aliphatic heterocycles. The molecule has 0 saturated heterocycles. The van der Waals surface area contributed by atoms with Crippen LogP contribution in [0.15, 0.2) is 128 Å². The quantitative estimate of drug-likeness (QED) is 0.188. The summed E-state index contributed by atoms with van der Waals surface area (Å²) in [6.45, 7) is 0. The van der Waals surface area contributed by atoms with E-state index in [-0.39, 0.29) is 0 Å². The number of pyridine rings is 1. The van der Waals surface area contributed by atoms with Crippen LogP contribution in [0.5, 0.6) is 0 Å². The highest BCUT2D eigenvalue weighted by atomic mass is 15.1. The van der Waals surface area contributed by atoms with Crippen molar-refractivity contribution in [2.45, 2.75) is 0 Å². The first-order valence-electron chi connectivity index (χ1n) is 14.9. The van der Waals surface area contributed by atoms with E-state index in [2.05, 4.69) is 112 Å². The Kier molecular flexibility index (Phi) is 4.02. The van der Waals surface area contributed by atoms with E-state index in [1.54, 1.807) is 0 Å². The molecule has 0 N–H and O–H groups in total. The van der Waals surface area contributed by atoms with E-state index in [1.807, 2.05) is 24.5 Å². The zero-order chi connectivity index (χ0) is 28.5. The molecule has 5 aromatic heterocycles. The van der Waals surface area contributed by atoms with Gasteiger partial charge in [0.15, 0.2) is 5.82 Å². The van der Waals surface area contributed by atoms with Crippen LogP contribution in [0.4, 0.5) is 0 Å². The molecule has 6 aromatic carbocycles. The van der Waals surface area contributed by atoms with Crippen LogP contribution in [-0.4, -0.2) is 23.9 Å². The Bertz CT molecular complexity index is 3000. The number of hydrogen-bond donors (Lipinski definition) is 0. The molecule has 0 unspecified atom stereocenters. The van der Waals surface area contributed by atoms with Crippen molar-refractivity contribution in [3.8, 4) is 5.82 Å². The summed E-state index contributed by atoms with van der Waals surface area (Å²) in [7, 11) is 0. The first-order chi connectivity index (χ1) is 21.8. The molecule has 11 rings (SSSR count). The average molecular weight is 560 g/mol. The molecule has 5 heterocycles. The summed E-state index contributed by atoms with van der Waals surface area (Å²) in [5.74, 6) is 0.786. The Labute approximate surface area is 249 Å². The van der Waals surface area contributed by atoms with Crippen LogP contribution >= 0.6 is 0 Å². The number of fused-ring (bicyclic) bond motifs is 14. The lowest BCUT2D eigenvalue weighted by Gasteiger charge is -2.10. The van der Waals surface area contributed by atoms with Gasteiger partial charge < -0.3 is 4.40 Å². The van der Waals surface area contributed by atoms with Gasteiger partial charge in [0.2, 0.25) is 0 Å². The van der Waals surface area contributed by atoms with E-state index < -0.39 is 0 Å². The Morgan fingerprint density at radius 3 is 2.09 bits per heavy atom. The molecular formula is C39H21N5. The van der Waals surface area contributed by atoms with E-state index in [4.69, 9.17) is 15.0 Å². The number of para-hydroxylation sites is 2. The number of benzene rings is 6. The van der Waals surface area contributed by atoms with Crippen molar-refractivity contribution < 1.29 is 0 Å². The van der Waals surface area contributed by atoms with Crippen molar-refractivity contribution >= 4 is 92.6 Å². The summed E-state index contributed by atoms with van der Waals surface area (Å²) in [6, 6.07) is 41.3. The summed E-state index contributed by atoms with van der Waals surface area (Å²) in [6.07, 6.45) is 3.74. The van der Waals surface area contributed by atoms with E-state index in [1.165, 1.54) is 59.6 Å². The summed E-state index contributed by atoms with van der Waals surface area (Å²) >= 11 is 0. The van der Waals surface area contributed by atoms with Gasteiger partial charge in [-0.25, -0.2) is 4.98 Å². The topological polar surface area (TPSA) is 48.0 Å². The highest BCUT2D eigenvalue weighted by Crippen LogP contribution is 2.46. The van der Waals surface area contributed by atoms with Crippen molar-refractivity contribution in [2.24, 2.45) is 0 Å². The maximum atomic E-state index is 5.33. The van der Waals surface area contributed by atoms with Gasteiger partial charge in [0.1, 0.15) is 5.52 Å². The zero-order valence-electron chi connectivity index (χ0n) is 23.4. The van der Waals surface area contributed by atoms with Gasteiger partial charge in [-0.05, 0) is 53.2 Å². The summed E-state index contributed by atoms with van der Waals surface area (Å²) in [5, 5.41) is 10.9. The van der Waals surface area contributed by atoms with E-state index in [9.17, 15) is 0 Å². The number of hydrogen-bond acceptors (Lipinski definition) is 3. The number of aromatic nitrogens is 5. The molecule has 11 aromatic rings. The molecule has 202 valence electrons.